The summed E-state index contributed by atoms with van der Waals surface area (Å²) in [4.78, 5) is 23.4. The van der Waals surface area contributed by atoms with Gasteiger partial charge in [-0.15, -0.1) is 0 Å². The number of hydrogen-bond donors (Lipinski definition) is 1. The molecule has 1 fully saturated rings. The number of carbonyl (C=O) groups is 2. The van der Waals surface area contributed by atoms with E-state index in [-0.39, 0.29) is 11.9 Å². The Bertz CT molecular complexity index is 217. The van der Waals surface area contributed by atoms with Gasteiger partial charge in [0.25, 0.3) is 0 Å². The Morgan fingerprint density at radius 1 is 1.54 bits per heavy atom. The van der Waals surface area contributed by atoms with Crippen LogP contribution in [0.2, 0.25) is 0 Å². The van der Waals surface area contributed by atoms with Crippen molar-refractivity contribution in [2.24, 2.45) is 11.7 Å². The number of likely N-dealkylation sites (tertiary alicyclic amines) is 1. The van der Waals surface area contributed by atoms with Crippen molar-refractivity contribution in [3.63, 3.8) is 0 Å². The minimum atomic E-state index is -0.464. The van der Waals surface area contributed by atoms with Crippen molar-refractivity contribution in [3.05, 3.63) is 0 Å². The van der Waals surface area contributed by atoms with Crippen LogP contribution in [0.3, 0.4) is 0 Å². The zero-order valence-corrected chi connectivity index (χ0v) is 7.66. The molecule has 0 aromatic heterocycles. The highest BCUT2D eigenvalue weighted by molar-refractivity contribution is 5.76. The molecule has 1 saturated heterocycles. The number of piperidine rings is 1. The normalized spacial score (nSPS) is 22.5. The van der Waals surface area contributed by atoms with Crippen LogP contribution in [0.1, 0.15) is 12.8 Å². The number of amides is 2. The number of urea groups is 1. The third-order valence-electron chi connectivity index (χ3n) is 2.27. The molecule has 1 aliphatic rings. The molecule has 0 saturated carbocycles. The van der Waals surface area contributed by atoms with Gasteiger partial charge < -0.3 is 15.4 Å². The van der Waals surface area contributed by atoms with Crippen molar-refractivity contribution < 1.29 is 14.3 Å². The molecule has 2 amide bonds. The lowest BCUT2D eigenvalue weighted by Gasteiger charge is -2.29. The van der Waals surface area contributed by atoms with E-state index in [0.717, 1.165) is 12.8 Å². The second-order valence-electron chi connectivity index (χ2n) is 3.15. The molecule has 1 atom stereocenters. The fourth-order valence-corrected chi connectivity index (χ4v) is 1.54. The van der Waals surface area contributed by atoms with Gasteiger partial charge in [-0.1, -0.05) is 0 Å². The van der Waals surface area contributed by atoms with Crippen LogP contribution in [0.4, 0.5) is 4.79 Å². The molecule has 0 radical (unpaired) electrons. The number of nitrogens with zero attached hydrogens (tertiary/aromatic N) is 1. The van der Waals surface area contributed by atoms with Gasteiger partial charge in [0.1, 0.15) is 0 Å². The van der Waals surface area contributed by atoms with Gasteiger partial charge in [-0.2, -0.15) is 0 Å². The molecular weight excluding hydrogens is 172 g/mol. The van der Waals surface area contributed by atoms with Crippen LogP contribution >= 0.6 is 0 Å². The van der Waals surface area contributed by atoms with E-state index in [9.17, 15) is 9.59 Å². The highest BCUT2D eigenvalue weighted by Crippen LogP contribution is 2.16. The van der Waals surface area contributed by atoms with Crippen molar-refractivity contribution in [1.29, 1.82) is 0 Å². The fraction of sp³-hybridized carbons (Fsp3) is 0.750. The number of esters is 1. The third-order valence-corrected chi connectivity index (χ3v) is 2.27. The molecule has 5 nitrogen and oxygen atoms in total. The van der Waals surface area contributed by atoms with Gasteiger partial charge in [-0.25, -0.2) is 4.79 Å². The van der Waals surface area contributed by atoms with Gasteiger partial charge in [0.05, 0.1) is 13.0 Å². The molecule has 1 unspecified atom stereocenters. The molecule has 0 aromatic rings. The quantitative estimate of drug-likeness (QED) is 0.583. The zero-order chi connectivity index (χ0) is 9.84. The maximum Gasteiger partial charge on any atom is 0.314 e. The predicted molar refractivity (Wildman–Crippen MR) is 45.9 cm³/mol. The Morgan fingerprint density at radius 2 is 2.23 bits per heavy atom. The fourth-order valence-electron chi connectivity index (χ4n) is 1.54. The van der Waals surface area contributed by atoms with Crippen LogP contribution in [-0.4, -0.2) is 37.1 Å². The third kappa shape index (κ3) is 2.34. The monoisotopic (exact) mass is 186 g/mol. The smallest absolute Gasteiger partial charge is 0.314 e. The van der Waals surface area contributed by atoms with Crippen molar-refractivity contribution >= 4 is 12.0 Å². The second-order valence-corrected chi connectivity index (χ2v) is 3.15. The van der Waals surface area contributed by atoms with Crippen molar-refractivity contribution in [1.82, 2.24) is 4.90 Å². The largest absolute Gasteiger partial charge is 0.469 e. The molecule has 0 aromatic carbocycles. The minimum Gasteiger partial charge on any atom is -0.469 e. The average molecular weight is 186 g/mol. The van der Waals surface area contributed by atoms with Crippen LogP contribution in [0.15, 0.2) is 0 Å². The standard InChI is InChI=1S/C8H14N2O3/c1-13-7(11)6-3-2-4-10(5-6)8(9)12/h6H,2-5H2,1H3,(H2,9,12). The van der Waals surface area contributed by atoms with Gasteiger partial charge in [0.2, 0.25) is 0 Å². The Hall–Kier alpha value is -1.26. The molecule has 74 valence electrons. The van der Waals surface area contributed by atoms with E-state index in [0.29, 0.717) is 13.1 Å². The highest BCUT2D eigenvalue weighted by atomic mass is 16.5. The van der Waals surface area contributed by atoms with Gasteiger partial charge in [0, 0.05) is 13.1 Å². The topological polar surface area (TPSA) is 72.6 Å². The summed E-state index contributed by atoms with van der Waals surface area (Å²) in [6.07, 6.45) is 1.58. The Kier molecular flexibility index (Phi) is 3.11. The summed E-state index contributed by atoms with van der Waals surface area (Å²) >= 11 is 0. The summed E-state index contributed by atoms with van der Waals surface area (Å²) in [5.41, 5.74) is 5.11. The van der Waals surface area contributed by atoms with E-state index in [1.807, 2.05) is 0 Å². The molecule has 13 heavy (non-hydrogen) atoms. The minimum absolute atomic E-state index is 0.203. The summed E-state index contributed by atoms with van der Waals surface area (Å²) in [7, 11) is 1.35. The first-order chi connectivity index (χ1) is 6.15. The number of methoxy groups -OCH3 is 1. The first-order valence-corrected chi connectivity index (χ1v) is 4.27. The van der Waals surface area contributed by atoms with Gasteiger partial charge in [-0.05, 0) is 12.8 Å². The van der Waals surface area contributed by atoms with E-state index in [1.54, 1.807) is 0 Å². The Balaban J connectivity index is 2.51. The molecule has 2 N–H and O–H groups in total. The molecule has 0 bridgehead atoms. The van der Waals surface area contributed by atoms with E-state index in [2.05, 4.69) is 4.74 Å². The molecular formula is C8H14N2O3. The summed E-state index contributed by atoms with van der Waals surface area (Å²) in [6.45, 7) is 1.03. The van der Waals surface area contributed by atoms with E-state index >= 15 is 0 Å². The molecule has 0 spiro atoms. The lowest BCUT2D eigenvalue weighted by atomic mass is 9.99. The number of rotatable bonds is 1. The second kappa shape index (κ2) is 4.11. The van der Waals surface area contributed by atoms with Crippen molar-refractivity contribution in [3.8, 4) is 0 Å². The highest BCUT2D eigenvalue weighted by Gasteiger charge is 2.27. The van der Waals surface area contributed by atoms with E-state index < -0.39 is 6.03 Å². The van der Waals surface area contributed by atoms with Gasteiger partial charge >= 0.3 is 12.0 Å². The van der Waals surface area contributed by atoms with Crippen LogP contribution in [0, 0.1) is 5.92 Å². The summed E-state index contributed by atoms with van der Waals surface area (Å²) in [5, 5.41) is 0. The predicted octanol–water partition coefficient (Wildman–Crippen LogP) is -0.0499. The molecule has 1 rings (SSSR count). The van der Waals surface area contributed by atoms with E-state index in [4.69, 9.17) is 5.73 Å². The molecule has 1 aliphatic heterocycles. The average Bonchev–Trinajstić information content (AvgIpc) is 2.17. The molecule has 0 aliphatic carbocycles. The lowest BCUT2D eigenvalue weighted by Crippen LogP contribution is -2.45. The molecule has 1 heterocycles. The summed E-state index contributed by atoms with van der Waals surface area (Å²) in [5.74, 6) is -0.461. The summed E-state index contributed by atoms with van der Waals surface area (Å²) < 4.78 is 4.60. The number of ether oxygens (including phenoxy) is 1. The zero-order valence-electron chi connectivity index (χ0n) is 7.66. The Labute approximate surface area is 76.8 Å². The number of carbonyl (C=O) groups excluding carboxylic acids is 2. The van der Waals surface area contributed by atoms with Crippen LogP contribution in [0.5, 0.6) is 0 Å². The number of primary amides is 1. The van der Waals surface area contributed by atoms with Gasteiger partial charge in [0.15, 0.2) is 0 Å². The summed E-state index contributed by atoms with van der Waals surface area (Å²) in [6, 6.07) is -0.464. The van der Waals surface area contributed by atoms with Crippen molar-refractivity contribution in [2.45, 2.75) is 12.8 Å². The number of hydrogen-bond acceptors (Lipinski definition) is 3. The number of nitrogens with two attached hydrogens (primary N) is 1. The van der Waals surface area contributed by atoms with Crippen molar-refractivity contribution in [2.75, 3.05) is 20.2 Å². The SMILES string of the molecule is COC(=O)C1CCCN(C(N)=O)C1. The first-order valence-electron chi connectivity index (χ1n) is 4.27. The van der Waals surface area contributed by atoms with E-state index in [1.165, 1.54) is 12.0 Å². The maximum atomic E-state index is 11.1. The van der Waals surface area contributed by atoms with Gasteiger partial charge in [-0.3, -0.25) is 4.79 Å². The van der Waals surface area contributed by atoms with Crippen LogP contribution in [-0.2, 0) is 9.53 Å². The Morgan fingerprint density at radius 3 is 2.77 bits per heavy atom. The van der Waals surface area contributed by atoms with Crippen LogP contribution in [0.25, 0.3) is 0 Å². The maximum absolute atomic E-state index is 11.1. The lowest BCUT2D eigenvalue weighted by molar-refractivity contribution is -0.146. The first kappa shape index (κ1) is 9.83. The molecule has 5 heteroatoms. The van der Waals surface area contributed by atoms with Crippen LogP contribution < -0.4 is 5.73 Å².